The molecule has 104 valence electrons. The highest BCUT2D eigenvalue weighted by atomic mass is 19.4. The molecule has 0 aromatic carbocycles. The molecular formula is C12H25F3N2. The summed E-state index contributed by atoms with van der Waals surface area (Å²) in [6.07, 6.45) is -1.90. The van der Waals surface area contributed by atoms with Gasteiger partial charge in [0.15, 0.2) is 0 Å². The Morgan fingerprint density at radius 3 is 2.06 bits per heavy atom. The predicted octanol–water partition coefficient (Wildman–Crippen LogP) is 3.03. The molecule has 0 fully saturated rings. The van der Waals surface area contributed by atoms with Gasteiger partial charge in [-0.1, -0.05) is 13.8 Å². The highest BCUT2D eigenvalue weighted by Crippen LogP contribution is 2.26. The molecule has 0 aromatic heterocycles. The van der Waals surface area contributed by atoms with E-state index < -0.39 is 12.6 Å². The minimum atomic E-state index is -4.05. The van der Waals surface area contributed by atoms with Crippen molar-refractivity contribution in [3.8, 4) is 0 Å². The van der Waals surface area contributed by atoms with Crippen molar-refractivity contribution in [1.29, 1.82) is 0 Å². The van der Waals surface area contributed by atoms with Crippen LogP contribution in [0.15, 0.2) is 0 Å². The topological polar surface area (TPSA) is 29.3 Å². The summed E-state index contributed by atoms with van der Waals surface area (Å²) in [7, 11) is 1.74. The first-order chi connectivity index (χ1) is 7.66. The number of hydrogen-bond acceptors (Lipinski definition) is 2. The largest absolute Gasteiger partial charge is 0.390 e. The molecule has 0 atom stereocenters. The Bertz CT molecular complexity index is 202. The Kier molecular flexibility index (Phi) is 7.09. The third kappa shape index (κ3) is 10.6. The summed E-state index contributed by atoms with van der Waals surface area (Å²) in [6.45, 7) is 5.76. The summed E-state index contributed by atoms with van der Waals surface area (Å²) >= 11 is 0. The van der Waals surface area contributed by atoms with Crippen LogP contribution in [0, 0.1) is 5.41 Å². The third-order valence-electron chi connectivity index (χ3n) is 2.99. The second-order valence-corrected chi connectivity index (χ2v) is 5.47. The SMILES string of the molecule is CN(CCCC(C)(C)CCN)CCC(F)(F)F. The lowest BCUT2D eigenvalue weighted by Gasteiger charge is -2.25. The molecule has 0 aliphatic rings. The van der Waals surface area contributed by atoms with Crippen molar-refractivity contribution < 1.29 is 13.2 Å². The van der Waals surface area contributed by atoms with Crippen molar-refractivity contribution in [2.24, 2.45) is 11.1 Å². The Balaban J connectivity index is 3.67. The molecule has 0 rings (SSSR count). The highest BCUT2D eigenvalue weighted by molar-refractivity contribution is 4.70. The minimum absolute atomic E-state index is 0.0841. The summed E-state index contributed by atoms with van der Waals surface area (Å²) in [5.74, 6) is 0. The summed E-state index contributed by atoms with van der Waals surface area (Å²) in [4.78, 5) is 1.74. The van der Waals surface area contributed by atoms with E-state index >= 15 is 0 Å². The van der Waals surface area contributed by atoms with E-state index in [0.717, 1.165) is 19.3 Å². The number of alkyl halides is 3. The average molecular weight is 254 g/mol. The molecule has 0 aliphatic heterocycles. The normalized spacial score (nSPS) is 13.4. The molecule has 0 radical (unpaired) electrons. The third-order valence-corrected chi connectivity index (χ3v) is 2.99. The lowest BCUT2D eigenvalue weighted by atomic mass is 9.84. The minimum Gasteiger partial charge on any atom is -0.330 e. The molecule has 5 heteroatoms. The average Bonchev–Trinajstić information content (AvgIpc) is 2.13. The van der Waals surface area contributed by atoms with Gasteiger partial charge in [-0.15, -0.1) is 0 Å². The van der Waals surface area contributed by atoms with Crippen LogP contribution in [0.5, 0.6) is 0 Å². The van der Waals surface area contributed by atoms with Crippen LogP contribution < -0.4 is 5.73 Å². The quantitative estimate of drug-likeness (QED) is 0.721. The smallest absolute Gasteiger partial charge is 0.330 e. The van der Waals surface area contributed by atoms with E-state index in [-0.39, 0.29) is 12.0 Å². The zero-order chi connectivity index (χ0) is 13.5. The van der Waals surface area contributed by atoms with Crippen LogP contribution >= 0.6 is 0 Å². The van der Waals surface area contributed by atoms with Crippen molar-refractivity contribution in [1.82, 2.24) is 4.90 Å². The van der Waals surface area contributed by atoms with Crippen LogP contribution in [0.25, 0.3) is 0 Å². The van der Waals surface area contributed by atoms with E-state index in [1.165, 1.54) is 0 Å². The molecule has 2 N–H and O–H groups in total. The van der Waals surface area contributed by atoms with E-state index in [2.05, 4.69) is 13.8 Å². The number of nitrogens with zero attached hydrogens (tertiary/aromatic N) is 1. The standard InChI is InChI=1S/C12H25F3N2/c1-11(2,6-8-16)5-4-9-17(3)10-7-12(13,14)15/h4-10,16H2,1-3H3. The molecule has 0 amide bonds. The van der Waals surface area contributed by atoms with E-state index in [1.54, 1.807) is 11.9 Å². The number of nitrogens with two attached hydrogens (primary N) is 1. The van der Waals surface area contributed by atoms with Crippen molar-refractivity contribution in [3.05, 3.63) is 0 Å². The van der Waals surface area contributed by atoms with E-state index in [9.17, 15) is 13.2 Å². The van der Waals surface area contributed by atoms with Gasteiger partial charge in [-0.3, -0.25) is 0 Å². The Hall–Kier alpha value is -0.290. The van der Waals surface area contributed by atoms with Crippen LogP contribution in [-0.4, -0.2) is 37.8 Å². The molecule has 0 aromatic rings. The number of halogens is 3. The Morgan fingerprint density at radius 2 is 1.59 bits per heavy atom. The fraction of sp³-hybridized carbons (Fsp3) is 1.00. The van der Waals surface area contributed by atoms with E-state index in [0.29, 0.717) is 13.1 Å². The zero-order valence-electron chi connectivity index (χ0n) is 11.1. The number of hydrogen-bond donors (Lipinski definition) is 1. The maximum atomic E-state index is 12.0. The molecule has 17 heavy (non-hydrogen) atoms. The van der Waals surface area contributed by atoms with Crippen LogP contribution in [-0.2, 0) is 0 Å². The van der Waals surface area contributed by atoms with E-state index in [1.807, 2.05) is 0 Å². The van der Waals surface area contributed by atoms with Crippen LogP contribution in [0.2, 0.25) is 0 Å². The van der Waals surface area contributed by atoms with Crippen molar-refractivity contribution in [2.75, 3.05) is 26.7 Å². The maximum Gasteiger partial charge on any atom is 0.390 e. The lowest BCUT2D eigenvalue weighted by Crippen LogP contribution is -2.26. The zero-order valence-corrected chi connectivity index (χ0v) is 11.1. The molecular weight excluding hydrogens is 229 g/mol. The van der Waals surface area contributed by atoms with Gasteiger partial charge in [0.25, 0.3) is 0 Å². The monoisotopic (exact) mass is 254 g/mol. The summed E-state index contributed by atoms with van der Waals surface area (Å²) in [5, 5.41) is 0. The molecule has 0 aliphatic carbocycles. The van der Waals surface area contributed by atoms with Gasteiger partial charge >= 0.3 is 6.18 Å². The van der Waals surface area contributed by atoms with Gasteiger partial charge in [0.1, 0.15) is 0 Å². The summed E-state index contributed by atoms with van der Waals surface area (Å²) in [5.41, 5.74) is 5.70. The first-order valence-corrected chi connectivity index (χ1v) is 6.12. The second-order valence-electron chi connectivity index (χ2n) is 5.47. The van der Waals surface area contributed by atoms with Gasteiger partial charge in [0.05, 0.1) is 6.42 Å². The first kappa shape index (κ1) is 16.7. The number of rotatable bonds is 8. The molecule has 0 saturated heterocycles. The van der Waals surface area contributed by atoms with Crippen LogP contribution in [0.4, 0.5) is 13.2 Å². The fourth-order valence-corrected chi connectivity index (χ4v) is 1.77. The fourth-order valence-electron chi connectivity index (χ4n) is 1.77. The highest BCUT2D eigenvalue weighted by Gasteiger charge is 2.27. The first-order valence-electron chi connectivity index (χ1n) is 6.12. The van der Waals surface area contributed by atoms with Gasteiger partial charge in [0, 0.05) is 6.54 Å². The van der Waals surface area contributed by atoms with E-state index in [4.69, 9.17) is 5.73 Å². The molecule has 0 bridgehead atoms. The van der Waals surface area contributed by atoms with Crippen LogP contribution in [0.3, 0.4) is 0 Å². The molecule has 2 nitrogen and oxygen atoms in total. The van der Waals surface area contributed by atoms with Gasteiger partial charge in [-0.25, -0.2) is 0 Å². The molecule has 0 saturated carbocycles. The van der Waals surface area contributed by atoms with Gasteiger partial charge in [-0.2, -0.15) is 13.2 Å². The molecule has 0 spiro atoms. The molecule has 0 heterocycles. The maximum absolute atomic E-state index is 12.0. The van der Waals surface area contributed by atoms with Crippen molar-refractivity contribution in [2.45, 2.75) is 45.7 Å². The van der Waals surface area contributed by atoms with Crippen molar-refractivity contribution >= 4 is 0 Å². The van der Waals surface area contributed by atoms with Gasteiger partial charge in [-0.05, 0) is 44.8 Å². The predicted molar refractivity (Wildman–Crippen MR) is 64.9 cm³/mol. The summed E-state index contributed by atoms with van der Waals surface area (Å²) < 4.78 is 36.0. The lowest BCUT2D eigenvalue weighted by molar-refractivity contribution is -0.137. The Labute approximate surface area is 102 Å². The van der Waals surface area contributed by atoms with Gasteiger partial charge in [0.2, 0.25) is 0 Å². The van der Waals surface area contributed by atoms with Crippen molar-refractivity contribution in [3.63, 3.8) is 0 Å². The summed E-state index contributed by atoms with van der Waals surface area (Å²) in [6, 6.07) is 0. The second kappa shape index (κ2) is 7.21. The Morgan fingerprint density at radius 1 is 1.00 bits per heavy atom. The van der Waals surface area contributed by atoms with Gasteiger partial charge < -0.3 is 10.6 Å². The van der Waals surface area contributed by atoms with Crippen LogP contribution in [0.1, 0.15) is 39.5 Å². The molecule has 0 unspecified atom stereocenters.